The first kappa shape index (κ1) is 29.7. The number of rotatable bonds is 9. The van der Waals surface area contributed by atoms with Crippen molar-refractivity contribution in [1.29, 1.82) is 0 Å². The predicted octanol–water partition coefficient (Wildman–Crippen LogP) is 3.33. The van der Waals surface area contributed by atoms with Crippen LogP contribution in [0.25, 0.3) is 6.08 Å². The molecule has 224 valence electrons. The number of nitrogens with zero attached hydrogens (tertiary/aromatic N) is 4. The van der Waals surface area contributed by atoms with Gasteiger partial charge < -0.3 is 28.4 Å². The summed E-state index contributed by atoms with van der Waals surface area (Å²) in [6.07, 6.45) is 3.89. The predicted molar refractivity (Wildman–Crippen MR) is 162 cm³/mol. The van der Waals surface area contributed by atoms with Crippen LogP contribution in [-0.4, -0.2) is 69.0 Å². The van der Waals surface area contributed by atoms with Crippen LogP contribution in [0.4, 0.5) is 5.88 Å². The van der Waals surface area contributed by atoms with Crippen molar-refractivity contribution in [2.24, 2.45) is 4.99 Å². The van der Waals surface area contributed by atoms with Crippen LogP contribution in [-0.2, 0) is 9.53 Å². The Morgan fingerprint density at radius 1 is 1.14 bits per heavy atom. The molecule has 5 rings (SSSR count). The minimum Gasteiger partial charge on any atom is -0.493 e. The molecule has 1 aromatic carbocycles. The molecule has 0 spiro atoms. The average molecular weight is 595 g/mol. The zero-order valence-corrected chi connectivity index (χ0v) is 25.8. The summed E-state index contributed by atoms with van der Waals surface area (Å²) in [5, 5.41) is 0. The number of anilines is 1. The van der Waals surface area contributed by atoms with E-state index in [1.807, 2.05) is 25.1 Å². The maximum absolute atomic E-state index is 14.0. The third kappa shape index (κ3) is 5.76. The van der Waals surface area contributed by atoms with Gasteiger partial charge in [-0.1, -0.05) is 17.4 Å². The fourth-order valence-corrected chi connectivity index (χ4v) is 6.59. The fraction of sp³-hybridized carbons (Fsp3) is 0.452. The number of aromatic nitrogens is 1. The second kappa shape index (κ2) is 12.6. The molecule has 1 fully saturated rings. The van der Waals surface area contributed by atoms with Crippen LogP contribution < -0.4 is 29.3 Å². The highest BCUT2D eigenvalue weighted by molar-refractivity contribution is 7.07. The fourth-order valence-electron chi connectivity index (χ4n) is 5.56. The molecule has 0 N–H and O–H groups in total. The molecule has 42 heavy (non-hydrogen) atoms. The van der Waals surface area contributed by atoms with Crippen molar-refractivity contribution in [2.75, 3.05) is 52.4 Å². The van der Waals surface area contributed by atoms with Crippen molar-refractivity contribution in [3.8, 4) is 11.5 Å². The topological polar surface area (TPSA) is 98.7 Å². The average Bonchev–Trinajstić information content (AvgIpc) is 3.56. The van der Waals surface area contributed by atoms with Crippen LogP contribution in [0, 0.1) is 0 Å². The number of furan rings is 1. The van der Waals surface area contributed by atoms with Crippen LogP contribution in [0.1, 0.15) is 51.0 Å². The van der Waals surface area contributed by atoms with E-state index in [1.54, 1.807) is 43.7 Å². The highest BCUT2D eigenvalue weighted by Crippen LogP contribution is 2.36. The zero-order valence-electron chi connectivity index (χ0n) is 25.0. The number of piperidine rings is 1. The van der Waals surface area contributed by atoms with Crippen LogP contribution in [0.3, 0.4) is 0 Å². The molecule has 3 aromatic rings. The second-order valence-electron chi connectivity index (χ2n) is 10.5. The zero-order chi connectivity index (χ0) is 30.0. The highest BCUT2D eigenvalue weighted by Gasteiger charge is 2.34. The number of carbonyl (C=O) groups is 1. The summed E-state index contributed by atoms with van der Waals surface area (Å²) in [5.41, 5.74) is 1.23. The van der Waals surface area contributed by atoms with E-state index in [0.29, 0.717) is 56.1 Å². The van der Waals surface area contributed by atoms with Gasteiger partial charge in [0.15, 0.2) is 22.2 Å². The molecule has 2 aromatic heterocycles. The van der Waals surface area contributed by atoms with E-state index >= 15 is 0 Å². The summed E-state index contributed by atoms with van der Waals surface area (Å²) >= 11 is 1.26. The normalized spacial score (nSPS) is 17.8. The number of thiazole rings is 1. The minimum atomic E-state index is -0.752. The second-order valence-corrected chi connectivity index (χ2v) is 11.5. The molecular formula is C31H38N4O6S. The molecule has 2 aliphatic rings. The number of allylic oxidation sites excluding steroid dienone is 1. The summed E-state index contributed by atoms with van der Waals surface area (Å²) in [5.74, 6) is 1.96. The summed E-state index contributed by atoms with van der Waals surface area (Å²) in [6, 6.07) is 9.08. The molecule has 1 atom stereocenters. The molecule has 0 amide bonds. The molecule has 0 unspecified atom stereocenters. The van der Waals surface area contributed by atoms with Crippen molar-refractivity contribution in [2.45, 2.75) is 45.7 Å². The Morgan fingerprint density at radius 2 is 1.90 bits per heavy atom. The maximum Gasteiger partial charge on any atom is 0.338 e. The monoisotopic (exact) mass is 594 g/mol. The number of hydrogen-bond acceptors (Lipinski definition) is 10. The number of benzene rings is 1. The van der Waals surface area contributed by atoms with Gasteiger partial charge in [-0.25, -0.2) is 9.79 Å². The molecule has 0 aliphatic carbocycles. The molecule has 2 aliphatic heterocycles. The van der Waals surface area contributed by atoms with Gasteiger partial charge in [0.1, 0.15) is 5.76 Å². The van der Waals surface area contributed by atoms with Gasteiger partial charge in [0.25, 0.3) is 5.56 Å². The molecule has 10 nitrogen and oxygen atoms in total. The van der Waals surface area contributed by atoms with Gasteiger partial charge in [0, 0.05) is 31.3 Å². The quantitative estimate of drug-likeness (QED) is 0.348. The Labute approximate surface area is 249 Å². The van der Waals surface area contributed by atoms with E-state index in [1.165, 1.54) is 11.3 Å². The third-order valence-electron chi connectivity index (χ3n) is 7.71. The standard InChI is InChI=1S/C31H38N4O6S/c1-7-39-24-17-20(9-11-23(24)38-6)28-27(30(37)40-8-2)19(3)32-31-35(28)29(36)25(42-31)18-22-10-12-26(41-22)34-15-13-21(14-16-34)33(4)5/h9-12,17-18,21,28H,7-8,13-16H2,1-6H3/b25-18-/t28-/m0/s1. The van der Waals surface area contributed by atoms with Gasteiger partial charge in [-0.05, 0) is 71.5 Å². The van der Waals surface area contributed by atoms with E-state index < -0.39 is 12.0 Å². The number of fused-ring (bicyclic) bond motifs is 1. The summed E-state index contributed by atoms with van der Waals surface area (Å²) < 4.78 is 24.9. The lowest BCUT2D eigenvalue weighted by atomic mass is 9.95. The van der Waals surface area contributed by atoms with Crippen LogP contribution in [0.5, 0.6) is 11.5 Å². The van der Waals surface area contributed by atoms with E-state index in [9.17, 15) is 9.59 Å². The summed E-state index contributed by atoms with van der Waals surface area (Å²) in [4.78, 5) is 36.9. The summed E-state index contributed by atoms with van der Waals surface area (Å²) in [6.45, 7) is 7.87. The Hall–Kier alpha value is -3.83. The highest BCUT2D eigenvalue weighted by atomic mass is 32.1. The number of methoxy groups -OCH3 is 1. The maximum atomic E-state index is 14.0. The first-order valence-electron chi connectivity index (χ1n) is 14.3. The van der Waals surface area contributed by atoms with Gasteiger partial charge >= 0.3 is 5.97 Å². The van der Waals surface area contributed by atoms with Crippen LogP contribution in [0.15, 0.2) is 55.8 Å². The lowest BCUT2D eigenvalue weighted by Crippen LogP contribution is -2.41. The minimum absolute atomic E-state index is 0.202. The lowest BCUT2D eigenvalue weighted by molar-refractivity contribution is -0.139. The number of carbonyl (C=O) groups excluding carboxylic acids is 1. The third-order valence-corrected chi connectivity index (χ3v) is 8.70. The SMILES string of the molecule is CCOC(=O)C1=C(C)N=c2s/c(=C\c3ccc(N4CCC(N(C)C)CC4)o3)c(=O)n2[C@H]1c1ccc(OC)c(OCC)c1. The molecule has 0 radical (unpaired) electrons. The molecule has 1 saturated heterocycles. The molecule has 11 heteroatoms. The van der Waals surface area contributed by atoms with Crippen molar-refractivity contribution in [1.82, 2.24) is 9.47 Å². The van der Waals surface area contributed by atoms with E-state index in [-0.39, 0.29) is 12.2 Å². The molecule has 0 saturated carbocycles. The first-order chi connectivity index (χ1) is 20.2. The van der Waals surface area contributed by atoms with Crippen molar-refractivity contribution < 1.29 is 23.4 Å². The van der Waals surface area contributed by atoms with Crippen LogP contribution >= 0.6 is 11.3 Å². The van der Waals surface area contributed by atoms with E-state index in [2.05, 4.69) is 28.9 Å². The van der Waals surface area contributed by atoms with Gasteiger partial charge in [0.2, 0.25) is 0 Å². The lowest BCUT2D eigenvalue weighted by Gasteiger charge is -2.35. The largest absolute Gasteiger partial charge is 0.493 e. The Balaban J connectivity index is 1.56. The van der Waals surface area contributed by atoms with Gasteiger partial charge in [0.05, 0.1) is 42.2 Å². The first-order valence-corrected chi connectivity index (χ1v) is 15.1. The van der Waals surface area contributed by atoms with E-state index in [4.69, 9.17) is 18.6 Å². The van der Waals surface area contributed by atoms with Gasteiger partial charge in [-0.2, -0.15) is 0 Å². The number of esters is 1. The number of ether oxygens (including phenoxy) is 3. The van der Waals surface area contributed by atoms with Crippen LogP contribution in [0.2, 0.25) is 0 Å². The Morgan fingerprint density at radius 3 is 2.57 bits per heavy atom. The Kier molecular flexibility index (Phi) is 8.88. The smallest absolute Gasteiger partial charge is 0.338 e. The van der Waals surface area contributed by atoms with Crippen molar-refractivity contribution in [3.05, 3.63) is 72.6 Å². The molecular weight excluding hydrogens is 556 g/mol. The Bertz CT molecular complexity index is 1660. The van der Waals surface area contributed by atoms with Gasteiger partial charge in [-0.15, -0.1) is 0 Å². The van der Waals surface area contributed by atoms with Gasteiger partial charge in [-0.3, -0.25) is 9.36 Å². The molecule has 0 bridgehead atoms. The van der Waals surface area contributed by atoms with Crippen molar-refractivity contribution in [3.63, 3.8) is 0 Å². The molecule has 4 heterocycles. The van der Waals surface area contributed by atoms with Crippen molar-refractivity contribution >= 4 is 29.3 Å². The summed E-state index contributed by atoms with van der Waals surface area (Å²) in [7, 11) is 5.81. The van der Waals surface area contributed by atoms with E-state index in [0.717, 1.165) is 31.8 Å². The number of hydrogen-bond donors (Lipinski definition) is 0.